The van der Waals surface area contributed by atoms with Gasteiger partial charge in [0.25, 0.3) is 0 Å². The van der Waals surface area contributed by atoms with Crippen molar-refractivity contribution in [1.29, 1.82) is 0 Å². The summed E-state index contributed by atoms with van der Waals surface area (Å²) in [5.74, 6) is 7.47. The van der Waals surface area contributed by atoms with Gasteiger partial charge in [-0.25, -0.2) is 0 Å². The molecule has 3 nitrogen and oxygen atoms in total. The summed E-state index contributed by atoms with van der Waals surface area (Å²) in [6, 6.07) is 16.6. The number of rotatable bonds is 7. The Bertz CT molecular complexity index is 562. The molecule has 0 radical (unpaired) electrons. The summed E-state index contributed by atoms with van der Waals surface area (Å²) in [5.41, 5.74) is 4.12. The maximum atomic E-state index is 5.68. The maximum Gasteiger partial charge on any atom is 0.119 e. The van der Waals surface area contributed by atoms with E-state index in [1.807, 2.05) is 12.1 Å². The molecule has 0 aliphatic heterocycles. The Balaban J connectivity index is 1.91. The topological polar surface area (TPSA) is 47.3 Å². The molecule has 0 saturated heterocycles. The molecule has 2 aromatic carbocycles. The van der Waals surface area contributed by atoms with E-state index in [2.05, 4.69) is 57.8 Å². The minimum Gasteiger partial charge on any atom is -0.497 e. The zero-order chi connectivity index (χ0) is 15.1. The van der Waals surface area contributed by atoms with Gasteiger partial charge < -0.3 is 4.74 Å². The molecule has 0 aliphatic carbocycles. The highest BCUT2D eigenvalue weighted by atomic mass is 79.9. The number of nitrogens with one attached hydrogen (secondary N) is 1. The number of ether oxygens (including phenoxy) is 1. The van der Waals surface area contributed by atoms with Crippen LogP contribution in [0.2, 0.25) is 0 Å². The van der Waals surface area contributed by atoms with E-state index in [0.29, 0.717) is 0 Å². The van der Waals surface area contributed by atoms with E-state index < -0.39 is 0 Å². The summed E-state index contributed by atoms with van der Waals surface area (Å²) in [6.45, 7) is 0. The lowest BCUT2D eigenvalue weighted by atomic mass is 10.1. The van der Waals surface area contributed by atoms with Crippen molar-refractivity contribution < 1.29 is 4.74 Å². The molecule has 5 heteroatoms. The first-order valence-corrected chi connectivity index (χ1v) is 8.46. The second-order valence-corrected chi connectivity index (χ2v) is 6.69. The summed E-state index contributed by atoms with van der Waals surface area (Å²) in [4.78, 5) is 1.24. The number of nitrogens with two attached hydrogens (primary N) is 1. The average molecular weight is 367 g/mol. The molecule has 0 spiro atoms. The first-order chi connectivity index (χ1) is 10.2. The minimum atomic E-state index is 0.214. The fourth-order valence-electron chi connectivity index (χ4n) is 1.98. The first-order valence-electron chi connectivity index (χ1n) is 6.68. The lowest BCUT2D eigenvalue weighted by Crippen LogP contribution is -2.38. The number of halogens is 1. The summed E-state index contributed by atoms with van der Waals surface area (Å²) in [7, 11) is 1.68. The van der Waals surface area contributed by atoms with Gasteiger partial charge in [0.05, 0.1) is 7.11 Å². The molecule has 0 saturated carbocycles. The van der Waals surface area contributed by atoms with Crippen LogP contribution in [0.5, 0.6) is 5.75 Å². The minimum absolute atomic E-state index is 0.214. The van der Waals surface area contributed by atoms with Crippen molar-refractivity contribution in [2.45, 2.75) is 17.4 Å². The molecule has 0 amide bonds. The van der Waals surface area contributed by atoms with E-state index in [9.17, 15) is 0 Å². The van der Waals surface area contributed by atoms with Gasteiger partial charge in [-0.15, -0.1) is 11.8 Å². The van der Waals surface area contributed by atoms with E-state index >= 15 is 0 Å². The van der Waals surface area contributed by atoms with Crippen LogP contribution >= 0.6 is 27.7 Å². The summed E-state index contributed by atoms with van der Waals surface area (Å²) in [6.07, 6.45) is 0.872. The van der Waals surface area contributed by atoms with Crippen LogP contribution in [0, 0.1) is 0 Å². The highest BCUT2D eigenvalue weighted by molar-refractivity contribution is 9.10. The molecular formula is C16H19BrN2OS. The number of hydrogen-bond acceptors (Lipinski definition) is 4. The van der Waals surface area contributed by atoms with Crippen LogP contribution < -0.4 is 16.0 Å². The highest BCUT2D eigenvalue weighted by Crippen LogP contribution is 2.22. The van der Waals surface area contributed by atoms with Crippen LogP contribution in [-0.2, 0) is 6.42 Å². The molecule has 3 N–H and O–H groups in total. The fraction of sp³-hybridized carbons (Fsp3) is 0.250. The summed E-state index contributed by atoms with van der Waals surface area (Å²) >= 11 is 5.24. The van der Waals surface area contributed by atoms with E-state index in [1.165, 1.54) is 10.5 Å². The maximum absolute atomic E-state index is 5.68. The zero-order valence-electron chi connectivity index (χ0n) is 11.9. The quantitative estimate of drug-likeness (QED) is 0.446. The average Bonchev–Trinajstić information content (AvgIpc) is 2.53. The van der Waals surface area contributed by atoms with Crippen molar-refractivity contribution >= 4 is 27.7 Å². The van der Waals surface area contributed by atoms with Gasteiger partial charge in [0, 0.05) is 21.2 Å². The Morgan fingerprint density at radius 2 is 2.00 bits per heavy atom. The standard InChI is InChI=1S/C16H19BrN2OS/c1-20-15-4-2-3-12(10-15)9-14(19-18)11-21-16-7-5-13(17)6-8-16/h2-8,10,14,19H,9,11,18H2,1H3. The number of methoxy groups -OCH3 is 1. The van der Waals surface area contributed by atoms with E-state index in [4.69, 9.17) is 10.6 Å². The van der Waals surface area contributed by atoms with Crippen molar-refractivity contribution in [3.8, 4) is 5.75 Å². The predicted octanol–water partition coefficient (Wildman–Crippen LogP) is 3.62. The Morgan fingerprint density at radius 3 is 2.67 bits per heavy atom. The largest absolute Gasteiger partial charge is 0.497 e. The third-order valence-corrected chi connectivity index (χ3v) is 4.82. The molecule has 1 atom stereocenters. The predicted molar refractivity (Wildman–Crippen MR) is 92.7 cm³/mol. The van der Waals surface area contributed by atoms with Gasteiger partial charge in [-0.2, -0.15) is 0 Å². The molecule has 1 unspecified atom stereocenters. The van der Waals surface area contributed by atoms with Crippen LogP contribution in [0.3, 0.4) is 0 Å². The number of benzene rings is 2. The van der Waals surface area contributed by atoms with Crippen molar-refractivity contribution in [1.82, 2.24) is 5.43 Å². The summed E-state index contributed by atoms with van der Waals surface area (Å²) < 4.78 is 6.34. The van der Waals surface area contributed by atoms with E-state index in [0.717, 1.165) is 22.4 Å². The van der Waals surface area contributed by atoms with Gasteiger partial charge in [-0.3, -0.25) is 11.3 Å². The van der Waals surface area contributed by atoms with Crippen LogP contribution in [0.4, 0.5) is 0 Å². The molecule has 21 heavy (non-hydrogen) atoms. The number of hydrogen-bond donors (Lipinski definition) is 2. The highest BCUT2D eigenvalue weighted by Gasteiger charge is 2.09. The van der Waals surface area contributed by atoms with Crippen LogP contribution in [0.25, 0.3) is 0 Å². The lowest BCUT2D eigenvalue weighted by molar-refractivity contribution is 0.414. The number of hydrazine groups is 1. The smallest absolute Gasteiger partial charge is 0.119 e. The summed E-state index contributed by atoms with van der Waals surface area (Å²) in [5, 5.41) is 0. The fourth-order valence-corrected chi connectivity index (χ4v) is 3.18. The molecule has 0 aromatic heterocycles. The van der Waals surface area contributed by atoms with Gasteiger partial charge in [0.15, 0.2) is 0 Å². The van der Waals surface area contributed by atoms with Gasteiger partial charge in [-0.1, -0.05) is 28.1 Å². The molecule has 0 heterocycles. The third kappa shape index (κ3) is 5.36. The Labute approximate surface area is 138 Å². The monoisotopic (exact) mass is 366 g/mol. The zero-order valence-corrected chi connectivity index (χ0v) is 14.3. The van der Waals surface area contributed by atoms with Crippen molar-refractivity contribution in [2.75, 3.05) is 12.9 Å². The van der Waals surface area contributed by atoms with Crippen molar-refractivity contribution in [3.05, 3.63) is 58.6 Å². The number of thioether (sulfide) groups is 1. The molecule has 0 aliphatic rings. The molecule has 112 valence electrons. The SMILES string of the molecule is COc1cccc(CC(CSc2ccc(Br)cc2)NN)c1. The molecule has 2 rings (SSSR count). The molecule has 0 bridgehead atoms. The Kier molecular flexibility index (Phi) is 6.57. The van der Waals surface area contributed by atoms with E-state index in [1.54, 1.807) is 18.9 Å². The second kappa shape index (κ2) is 8.44. The first kappa shape index (κ1) is 16.4. The van der Waals surface area contributed by atoms with Gasteiger partial charge in [0.2, 0.25) is 0 Å². The van der Waals surface area contributed by atoms with Crippen molar-refractivity contribution in [3.63, 3.8) is 0 Å². The molecular weight excluding hydrogens is 348 g/mol. The van der Waals surface area contributed by atoms with Gasteiger partial charge in [-0.05, 0) is 48.4 Å². The van der Waals surface area contributed by atoms with E-state index in [-0.39, 0.29) is 6.04 Å². The Hall–Kier alpha value is -1.01. The lowest BCUT2D eigenvalue weighted by Gasteiger charge is -2.16. The Morgan fingerprint density at radius 1 is 1.24 bits per heavy atom. The van der Waals surface area contributed by atoms with Crippen LogP contribution in [0.15, 0.2) is 57.9 Å². The normalized spacial score (nSPS) is 12.1. The molecule has 0 fully saturated rings. The van der Waals surface area contributed by atoms with Crippen LogP contribution in [-0.4, -0.2) is 18.9 Å². The van der Waals surface area contributed by atoms with Gasteiger partial charge in [0.1, 0.15) is 5.75 Å². The third-order valence-electron chi connectivity index (χ3n) is 3.12. The second-order valence-electron chi connectivity index (χ2n) is 4.68. The van der Waals surface area contributed by atoms with Crippen molar-refractivity contribution in [2.24, 2.45) is 5.84 Å². The molecule has 2 aromatic rings. The van der Waals surface area contributed by atoms with Crippen LogP contribution in [0.1, 0.15) is 5.56 Å². The van der Waals surface area contributed by atoms with Gasteiger partial charge >= 0.3 is 0 Å².